The Morgan fingerprint density at radius 2 is 1.66 bits per heavy atom. The Balaban J connectivity index is 2.03. The maximum absolute atomic E-state index is 12.9. The highest BCUT2D eigenvalue weighted by atomic mass is 16.5. The molecule has 2 aromatic carbocycles. The number of carbonyl (C=O) groups is 2. The highest BCUT2D eigenvalue weighted by molar-refractivity contribution is 5.88. The molecule has 156 valence electrons. The molecule has 0 radical (unpaired) electrons. The summed E-state index contributed by atoms with van der Waals surface area (Å²) in [4.78, 5) is 27.1. The van der Waals surface area contributed by atoms with E-state index in [1.807, 2.05) is 75.4 Å². The normalized spacial score (nSPS) is 11.8. The SMILES string of the molecule is Cc1ccc(OCC(=O)N(CCc2ccccc2)[C@@H](C)C(=O)NCC(C)C)cc1. The van der Waals surface area contributed by atoms with Crippen LogP contribution >= 0.6 is 0 Å². The van der Waals surface area contributed by atoms with E-state index in [9.17, 15) is 9.59 Å². The van der Waals surface area contributed by atoms with Crippen LogP contribution in [-0.4, -0.2) is 42.5 Å². The summed E-state index contributed by atoms with van der Waals surface area (Å²) >= 11 is 0. The van der Waals surface area contributed by atoms with Gasteiger partial charge in [0.1, 0.15) is 11.8 Å². The molecule has 5 heteroatoms. The van der Waals surface area contributed by atoms with Crippen LogP contribution in [0, 0.1) is 12.8 Å². The van der Waals surface area contributed by atoms with Crippen molar-refractivity contribution in [1.82, 2.24) is 10.2 Å². The van der Waals surface area contributed by atoms with Gasteiger partial charge in [0.25, 0.3) is 5.91 Å². The van der Waals surface area contributed by atoms with E-state index in [2.05, 4.69) is 5.32 Å². The zero-order chi connectivity index (χ0) is 21.2. The lowest BCUT2D eigenvalue weighted by Crippen LogP contribution is -2.50. The highest BCUT2D eigenvalue weighted by Gasteiger charge is 2.26. The molecular formula is C24H32N2O3. The predicted molar refractivity (Wildman–Crippen MR) is 116 cm³/mol. The van der Waals surface area contributed by atoms with E-state index >= 15 is 0 Å². The Bertz CT molecular complexity index is 772. The molecule has 0 aliphatic rings. The minimum Gasteiger partial charge on any atom is -0.484 e. The maximum atomic E-state index is 12.9. The van der Waals surface area contributed by atoms with Crippen LogP contribution in [0.2, 0.25) is 0 Å². The number of hydrogen-bond donors (Lipinski definition) is 1. The standard InChI is InChI=1S/C24H32N2O3/c1-18(2)16-25-24(28)20(4)26(15-14-21-8-6-5-7-9-21)23(27)17-29-22-12-10-19(3)11-13-22/h5-13,18,20H,14-17H2,1-4H3,(H,25,28)/t20-/m0/s1. The average molecular weight is 397 g/mol. The Morgan fingerprint density at radius 3 is 2.28 bits per heavy atom. The van der Waals surface area contributed by atoms with Crippen molar-refractivity contribution in [3.05, 3.63) is 65.7 Å². The highest BCUT2D eigenvalue weighted by Crippen LogP contribution is 2.12. The number of rotatable bonds is 10. The summed E-state index contributed by atoms with van der Waals surface area (Å²) in [5.74, 6) is 0.650. The van der Waals surface area contributed by atoms with Gasteiger partial charge in [-0.15, -0.1) is 0 Å². The lowest BCUT2D eigenvalue weighted by Gasteiger charge is -2.29. The zero-order valence-corrected chi connectivity index (χ0v) is 17.9. The largest absolute Gasteiger partial charge is 0.484 e. The summed E-state index contributed by atoms with van der Waals surface area (Å²) in [6.45, 7) is 8.79. The maximum Gasteiger partial charge on any atom is 0.261 e. The average Bonchev–Trinajstić information content (AvgIpc) is 2.72. The van der Waals surface area contributed by atoms with Gasteiger partial charge in [0.2, 0.25) is 5.91 Å². The molecule has 5 nitrogen and oxygen atoms in total. The Morgan fingerprint density at radius 1 is 1.00 bits per heavy atom. The summed E-state index contributed by atoms with van der Waals surface area (Å²) in [5, 5.41) is 2.92. The van der Waals surface area contributed by atoms with Gasteiger partial charge >= 0.3 is 0 Å². The van der Waals surface area contributed by atoms with E-state index in [1.54, 1.807) is 11.8 Å². The van der Waals surface area contributed by atoms with Crippen molar-refractivity contribution in [3.63, 3.8) is 0 Å². The molecule has 1 atom stereocenters. The van der Waals surface area contributed by atoms with Crippen LogP contribution in [0.3, 0.4) is 0 Å². The van der Waals surface area contributed by atoms with Gasteiger partial charge in [0.15, 0.2) is 6.61 Å². The second-order valence-corrected chi connectivity index (χ2v) is 7.74. The third-order valence-electron chi connectivity index (χ3n) is 4.72. The minimum atomic E-state index is -0.563. The Kier molecular flexibility index (Phi) is 8.71. The lowest BCUT2D eigenvalue weighted by atomic mass is 10.1. The van der Waals surface area contributed by atoms with Gasteiger partial charge in [-0.05, 0) is 43.9 Å². The molecule has 0 saturated heterocycles. The lowest BCUT2D eigenvalue weighted by molar-refractivity contribution is -0.141. The summed E-state index contributed by atoms with van der Waals surface area (Å²) in [6, 6.07) is 17.0. The predicted octanol–water partition coefficient (Wildman–Crippen LogP) is 3.61. The van der Waals surface area contributed by atoms with Crippen LogP contribution in [0.4, 0.5) is 0 Å². The fourth-order valence-electron chi connectivity index (χ4n) is 2.89. The van der Waals surface area contributed by atoms with Crippen molar-refractivity contribution in [2.24, 2.45) is 5.92 Å². The number of benzene rings is 2. The topological polar surface area (TPSA) is 58.6 Å². The fourth-order valence-corrected chi connectivity index (χ4v) is 2.89. The van der Waals surface area contributed by atoms with Gasteiger partial charge in [0, 0.05) is 13.1 Å². The van der Waals surface area contributed by atoms with Crippen molar-refractivity contribution in [3.8, 4) is 5.75 Å². The van der Waals surface area contributed by atoms with Crippen LogP contribution in [-0.2, 0) is 16.0 Å². The Hall–Kier alpha value is -2.82. The van der Waals surface area contributed by atoms with Crippen LogP contribution in [0.25, 0.3) is 0 Å². The molecule has 0 aliphatic carbocycles. The third kappa shape index (κ3) is 7.60. The van der Waals surface area contributed by atoms with Crippen LogP contribution in [0.15, 0.2) is 54.6 Å². The van der Waals surface area contributed by atoms with Gasteiger partial charge in [0.05, 0.1) is 0 Å². The molecule has 2 aromatic rings. The molecule has 0 fully saturated rings. The molecule has 2 rings (SSSR count). The first-order chi connectivity index (χ1) is 13.9. The molecular weight excluding hydrogens is 364 g/mol. The summed E-state index contributed by atoms with van der Waals surface area (Å²) < 4.78 is 5.66. The number of aryl methyl sites for hydroxylation is 1. The quantitative estimate of drug-likeness (QED) is 0.667. The number of nitrogens with one attached hydrogen (secondary N) is 1. The number of nitrogens with zero attached hydrogens (tertiary/aromatic N) is 1. The second kappa shape index (κ2) is 11.2. The number of carbonyl (C=O) groups excluding carboxylic acids is 2. The number of amides is 2. The molecule has 0 aliphatic heterocycles. The van der Waals surface area contributed by atoms with Gasteiger partial charge in [-0.25, -0.2) is 0 Å². The van der Waals surface area contributed by atoms with Gasteiger partial charge < -0.3 is 15.0 Å². The van der Waals surface area contributed by atoms with Crippen molar-refractivity contribution >= 4 is 11.8 Å². The summed E-state index contributed by atoms with van der Waals surface area (Å²) in [5.41, 5.74) is 2.25. The minimum absolute atomic E-state index is 0.0976. The van der Waals surface area contributed by atoms with E-state index in [1.165, 1.54) is 0 Å². The first-order valence-electron chi connectivity index (χ1n) is 10.2. The van der Waals surface area contributed by atoms with Gasteiger partial charge in [-0.2, -0.15) is 0 Å². The zero-order valence-electron chi connectivity index (χ0n) is 17.9. The van der Waals surface area contributed by atoms with Crippen molar-refractivity contribution < 1.29 is 14.3 Å². The monoisotopic (exact) mass is 396 g/mol. The molecule has 2 amide bonds. The van der Waals surface area contributed by atoms with Crippen molar-refractivity contribution in [1.29, 1.82) is 0 Å². The smallest absolute Gasteiger partial charge is 0.261 e. The molecule has 0 saturated carbocycles. The molecule has 0 aromatic heterocycles. The fraction of sp³-hybridized carbons (Fsp3) is 0.417. The van der Waals surface area contributed by atoms with Crippen LogP contribution in [0.1, 0.15) is 31.9 Å². The van der Waals surface area contributed by atoms with E-state index in [4.69, 9.17) is 4.74 Å². The van der Waals surface area contributed by atoms with E-state index in [-0.39, 0.29) is 18.4 Å². The number of ether oxygens (including phenoxy) is 1. The summed E-state index contributed by atoms with van der Waals surface area (Å²) in [6.07, 6.45) is 0.679. The van der Waals surface area contributed by atoms with Gasteiger partial charge in [-0.3, -0.25) is 9.59 Å². The number of hydrogen-bond acceptors (Lipinski definition) is 3. The molecule has 29 heavy (non-hydrogen) atoms. The molecule has 1 N–H and O–H groups in total. The first kappa shape index (κ1) is 22.5. The molecule has 0 spiro atoms. The third-order valence-corrected chi connectivity index (χ3v) is 4.72. The van der Waals surface area contributed by atoms with Crippen molar-refractivity contribution in [2.75, 3.05) is 19.7 Å². The Labute approximate surface area is 174 Å². The van der Waals surface area contributed by atoms with Gasteiger partial charge in [-0.1, -0.05) is 61.9 Å². The van der Waals surface area contributed by atoms with Crippen LogP contribution < -0.4 is 10.1 Å². The molecule has 0 heterocycles. The van der Waals surface area contributed by atoms with E-state index < -0.39 is 6.04 Å². The molecule has 0 bridgehead atoms. The van der Waals surface area contributed by atoms with E-state index in [0.717, 1.165) is 11.1 Å². The van der Waals surface area contributed by atoms with Crippen LogP contribution in [0.5, 0.6) is 5.75 Å². The first-order valence-corrected chi connectivity index (χ1v) is 10.2. The second-order valence-electron chi connectivity index (χ2n) is 7.74. The molecule has 0 unspecified atom stereocenters. The summed E-state index contributed by atoms with van der Waals surface area (Å²) in [7, 11) is 0. The van der Waals surface area contributed by atoms with E-state index in [0.29, 0.717) is 31.2 Å². The van der Waals surface area contributed by atoms with Crippen molar-refractivity contribution in [2.45, 2.75) is 40.2 Å².